The van der Waals surface area contributed by atoms with E-state index in [0.717, 1.165) is 167 Å². The summed E-state index contributed by atoms with van der Waals surface area (Å²) in [5.74, 6) is -1.62. The van der Waals surface area contributed by atoms with Gasteiger partial charge in [0, 0.05) is 19.3 Å². The summed E-state index contributed by atoms with van der Waals surface area (Å²) in [5.41, 5.74) is 0. The molecule has 0 saturated heterocycles. The smallest absolute Gasteiger partial charge is 0.463 e. The molecule has 0 saturated carbocycles. The van der Waals surface area contributed by atoms with E-state index in [0.29, 0.717) is 19.3 Å². The maximum atomic E-state index is 13.0. The first-order valence-electron chi connectivity index (χ1n) is 44.4. The number of carbonyl (C=O) groups excluding carboxylic acids is 3. The fraction of sp³-hybridized carbons (Fsp3) is 0.674. The van der Waals surface area contributed by atoms with Gasteiger partial charge in [0.25, 0.3) is 0 Å². The molecule has 18 heteroatoms. The fourth-order valence-corrected chi connectivity index (χ4v) is 13.3. The quantitative estimate of drug-likeness (QED) is 0.0146. The number of hydrogen-bond donors (Lipinski definition) is 4. The third-order valence-electron chi connectivity index (χ3n) is 18.4. The summed E-state index contributed by atoms with van der Waals surface area (Å²) in [6.07, 6.45) is 111. The second kappa shape index (κ2) is 86.3. The molecule has 0 radical (unpaired) electrons. The molecule has 0 aliphatic rings. The zero-order valence-electron chi connectivity index (χ0n) is 71.0. The highest BCUT2D eigenvalue weighted by atomic mass is 31.2. The number of aliphatic hydroxyl groups is 2. The van der Waals surface area contributed by atoms with Crippen molar-refractivity contribution in [3.05, 3.63) is 170 Å². The Morgan fingerprint density at radius 1 is 0.257 bits per heavy atom. The summed E-state index contributed by atoms with van der Waals surface area (Å²) in [7, 11) is -9.82. The first-order chi connectivity index (χ1) is 55.2. The van der Waals surface area contributed by atoms with Crippen molar-refractivity contribution in [1.82, 2.24) is 0 Å². The maximum Gasteiger partial charge on any atom is 0.472 e. The Morgan fingerprint density at radius 2 is 0.469 bits per heavy atom. The van der Waals surface area contributed by atoms with Gasteiger partial charge in [-0.1, -0.05) is 351 Å². The molecule has 0 spiro atoms. The van der Waals surface area contributed by atoms with Gasteiger partial charge in [0.2, 0.25) is 0 Å². The number of phosphoric ester groups is 2. The van der Waals surface area contributed by atoms with Gasteiger partial charge in [-0.25, -0.2) is 9.13 Å². The number of allylic oxidation sites excluding steroid dienone is 28. The Kier molecular flexibility index (Phi) is 82.4. The van der Waals surface area contributed by atoms with Gasteiger partial charge < -0.3 is 34.2 Å². The number of rotatable bonds is 83. The van der Waals surface area contributed by atoms with Gasteiger partial charge in [-0.05, 0) is 154 Å². The third-order valence-corrected chi connectivity index (χ3v) is 20.3. The summed E-state index contributed by atoms with van der Waals surface area (Å²) in [5, 5.41) is 20.7. The lowest BCUT2D eigenvalue weighted by Crippen LogP contribution is -2.30. The van der Waals surface area contributed by atoms with Crippen LogP contribution in [-0.4, -0.2) is 95.9 Å². The minimum atomic E-state index is -4.95. The molecule has 0 amide bonds. The van der Waals surface area contributed by atoms with E-state index in [9.17, 15) is 43.5 Å². The first-order valence-corrected chi connectivity index (χ1v) is 47.4. The van der Waals surface area contributed by atoms with Gasteiger partial charge in [-0.3, -0.25) is 32.5 Å². The number of unbranched alkanes of at least 4 members (excludes halogenated alkanes) is 32. The van der Waals surface area contributed by atoms with Crippen LogP contribution in [0.3, 0.4) is 0 Å². The van der Waals surface area contributed by atoms with Gasteiger partial charge in [0.05, 0.1) is 26.4 Å². The van der Waals surface area contributed by atoms with Crippen LogP contribution in [0.5, 0.6) is 0 Å². The number of phosphoric acid groups is 2. The van der Waals surface area contributed by atoms with Crippen LogP contribution in [0.4, 0.5) is 0 Å². The molecule has 0 bridgehead atoms. The largest absolute Gasteiger partial charge is 0.472 e. The van der Waals surface area contributed by atoms with Gasteiger partial charge in [-0.15, -0.1) is 0 Å². The average Bonchev–Trinajstić information content (AvgIpc) is 0.899. The van der Waals surface area contributed by atoms with Crippen LogP contribution in [0.1, 0.15) is 355 Å². The molecule has 113 heavy (non-hydrogen) atoms. The number of aliphatic hydroxyl groups excluding tert-OH is 2. The highest BCUT2D eigenvalue weighted by Crippen LogP contribution is 2.45. The van der Waals surface area contributed by atoms with E-state index in [-0.39, 0.29) is 19.3 Å². The van der Waals surface area contributed by atoms with Crippen molar-refractivity contribution in [3.8, 4) is 0 Å². The van der Waals surface area contributed by atoms with Crippen LogP contribution in [0.2, 0.25) is 0 Å². The predicted molar refractivity (Wildman–Crippen MR) is 472 cm³/mol. The number of esters is 3. The van der Waals surface area contributed by atoms with Gasteiger partial charge in [-0.2, -0.15) is 0 Å². The maximum absolute atomic E-state index is 13.0. The Hall–Kier alpha value is -5.09. The molecule has 0 aliphatic heterocycles. The molecule has 0 rings (SSSR count). The van der Waals surface area contributed by atoms with Crippen molar-refractivity contribution >= 4 is 33.6 Å². The van der Waals surface area contributed by atoms with Crippen molar-refractivity contribution in [3.63, 3.8) is 0 Å². The topological polar surface area (TPSA) is 231 Å². The van der Waals surface area contributed by atoms with E-state index in [2.05, 4.69) is 191 Å². The lowest BCUT2D eigenvalue weighted by Gasteiger charge is -2.21. The second-order valence-electron chi connectivity index (χ2n) is 29.3. The molecule has 5 unspecified atom stereocenters. The van der Waals surface area contributed by atoms with Crippen LogP contribution < -0.4 is 0 Å². The van der Waals surface area contributed by atoms with Gasteiger partial charge >= 0.3 is 33.6 Å². The normalized spacial score (nSPS) is 14.6. The lowest BCUT2D eigenvalue weighted by molar-refractivity contribution is -0.161. The van der Waals surface area contributed by atoms with Crippen molar-refractivity contribution in [1.29, 1.82) is 0 Å². The van der Waals surface area contributed by atoms with Crippen LogP contribution >= 0.6 is 15.6 Å². The van der Waals surface area contributed by atoms with Gasteiger partial charge in [0.15, 0.2) is 6.10 Å². The van der Waals surface area contributed by atoms with Crippen LogP contribution in [0.25, 0.3) is 0 Å². The average molecular weight is 1620 g/mol. The third kappa shape index (κ3) is 87.6. The summed E-state index contributed by atoms with van der Waals surface area (Å²) in [4.78, 5) is 58.9. The number of ether oxygens (including phenoxy) is 3. The zero-order valence-corrected chi connectivity index (χ0v) is 72.8. The Bertz CT molecular complexity index is 2730. The van der Waals surface area contributed by atoms with E-state index in [1.165, 1.54) is 128 Å². The second-order valence-corrected chi connectivity index (χ2v) is 32.2. The molecule has 0 aliphatic carbocycles. The lowest BCUT2D eigenvalue weighted by atomic mass is 10.0. The highest BCUT2D eigenvalue weighted by Gasteiger charge is 2.29. The minimum Gasteiger partial charge on any atom is -0.463 e. The van der Waals surface area contributed by atoms with Crippen molar-refractivity contribution in [2.75, 3.05) is 39.6 Å². The van der Waals surface area contributed by atoms with E-state index < -0.39 is 91.5 Å². The molecular weight excluding hydrogens is 1460 g/mol. The van der Waals surface area contributed by atoms with Gasteiger partial charge in [0.1, 0.15) is 25.4 Å². The molecule has 16 nitrogen and oxygen atoms in total. The summed E-state index contributed by atoms with van der Waals surface area (Å²) in [6, 6.07) is 0. The molecule has 0 heterocycles. The SMILES string of the molecule is CC/C=C\C/C=C\C/C=C\C/C=C\C/C=C\CCCCCCCCCCCCCCCCCCCCCC(=O)OCC(O)COP(=O)(O)OCC(O)COP(=O)(O)OCC(COC(=O)CCCCCCCCC/C=C\C/C=C\C/C=C\C/C=C\CCCCC)OC(=O)CCCCC/C=C\C/C=C\C/C=C\C/C=C\C/C=C\CC. The molecule has 0 fully saturated rings. The Morgan fingerprint density at radius 3 is 0.752 bits per heavy atom. The fourth-order valence-electron chi connectivity index (χ4n) is 11.7. The highest BCUT2D eigenvalue weighted by molar-refractivity contribution is 7.47. The first kappa shape index (κ1) is 108. The Labute approximate surface area is 688 Å². The summed E-state index contributed by atoms with van der Waals surface area (Å²) in [6.45, 7) is 2.40. The number of carbonyl (C=O) groups is 3. The van der Waals surface area contributed by atoms with Crippen LogP contribution in [0.15, 0.2) is 170 Å². The standard InChI is InChI=1S/C95H160O16P2/c1-4-7-10-13-16-19-22-25-28-31-34-36-38-39-40-41-42-43-44-45-46-47-48-49-51-53-55-57-60-63-66-69-72-75-78-81-93(98)105-84-90(96)85-107-112(101,102)108-86-91(97)87-109-113(103,104)110-89-92(111-95(100)83-80-77-74-71-68-65-62-59-54-33-30-27-24-21-18-15-12-9-6-3)88-106-94(99)82-79-76-73-70-67-64-61-58-56-52-50-37-35-32-29-26-23-20-17-14-11-8-5-2/h7,9-10,12,16-21,25-30,34-37,39-40,52,54,56,59,65,68,90-92,96-97H,4-6,8,11,13-15,22-24,31-33,38,41-51,53,55,57-58,60-64,66-67,69-89H2,1-3H3,(H,101,102)(H,103,104)/b10-7-,12-9-,19-16-,20-17-,21-18-,28-25-,29-26-,30-27-,36-34-,37-35-,40-39-,56-52-,59-54-,68-65-. The predicted octanol–water partition coefficient (Wildman–Crippen LogP) is 27.1. The number of hydrogen-bond acceptors (Lipinski definition) is 14. The van der Waals surface area contributed by atoms with E-state index in [1.807, 2.05) is 0 Å². The summed E-state index contributed by atoms with van der Waals surface area (Å²) < 4.78 is 61.3. The molecule has 4 N–H and O–H groups in total. The monoisotopic (exact) mass is 1620 g/mol. The van der Waals surface area contributed by atoms with E-state index >= 15 is 0 Å². The molecule has 0 aromatic carbocycles. The molecule has 0 aromatic rings. The Balaban J connectivity index is 4.52. The summed E-state index contributed by atoms with van der Waals surface area (Å²) >= 11 is 0. The van der Waals surface area contributed by atoms with Crippen molar-refractivity contribution in [2.45, 2.75) is 373 Å². The molecule has 5 atom stereocenters. The van der Waals surface area contributed by atoms with Crippen LogP contribution in [-0.2, 0) is 55.8 Å². The van der Waals surface area contributed by atoms with Crippen LogP contribution in [0, 0.1) is 0 Å². The minimum absolute atomic E-state index is 0.0581. The molecule has 0 aromatic heterocycles. The molecular formula is C95H160O16P2. The van der Waals surface area contributed by atoms with Crippen molar-refractivity contribution < 1.29 is 75.8 Å². The zero-order chi connectivity index (χ0) is 82.2. The van der Waals surface area contributed by atoms with Crippen molar-refractivity contribution in [2.24, 2.45) is 0 Å². The van der Waals surface area contributed by atoms with E-state index in [1.54, 1.807) is 0 Å². The molecule has 646 valence electrons. The van der Waals surface area contributed by atoms with E-state index in [4.69, 9.17) is 32.3 Å².